The molecule has 8 nitrogen and oxygen atoms in total. The summed E-state index contributed by atoms with van der Waals surface area (Å²) in [5.74, 6) is 0.00148. The van der Waals surface area contributed by atoms with Crippen molar-refractivity contribution in [2.75, 3.05) is 36.3 Å². The molecule has 8 heteroatoms. The first-order chi connectivity index (χ1) is 13.9. The van der Waals surface area contributed by atoms with Gasteiger partial charge in [0.25, 0.3) is 0 Å². The van der Waals surface area contributed by atoms with Gasteiger partial charge in [-0.15, -0.1) is 0 Å². The predicted octanol–water partition coefficient (Wildman–Crippen LogP) is 2.65. The summed E-state index contributed by atoms with van der Waals surface area (Å²) in [6.07, 6.45) is 0.115. The lowest BCUT2D eigenvalue weighted by Gasteiger charge is -2.18. The summed E-state index contributed by atoms with van der Waals surface area (Å²) in [5.41, 5.74) is 1.80. The highest BCUT2D eigenvalue weighted by atomic mass is 16.5. The summed E-state index contributed by atoms with van der Waals surface area (Å²) in [6.45, 7) is 1.68. The van der Waals surface area contributed by atoms with E-state index < -0.39 is 5.92 Å². The maximum atomic E-state index is 12.7. The molecule has 1 fully saturated rings. The van der Waals surface area contributed by atoms with Gasteiger partial charge in [0.05, 0.1) is 20.1 Å². The fraction of sp³-hybridized carbons (Fsp3) is 0.286. The Morgan fingerprint density at radius 3 is 2.41 bits per heavy atom. The third kappa shape index (κ3) is 4.66. The van der Waals surface area contributed by atoms with Crippen molar-refractivity contribution in [3.05, 3.63) is 42.5 Å². The number of methoxy groups -OCH3 is 2. The molecular weight excluding hydrogens is 374 g/mol. The molecule has 1 unspecified atom stereocenters. The van der Waals surface area contributed by atoms with Crippen LogP contribution in [-0.4, -0.2) is 38.5 Å². The lowest BCUT2D eigenvalue weighted by Crippen LogP contribution is -2.28. The molecule has 0 aromatic heterocycles. The summed E-state index contributed by atoms with van der Waals surface area (Å²) >= 11 is 0. The molecule has 3 amide bonds. The van der Waals surface area contributed by atoms with Crippen LogP contribution in [0.3, 0.4) is 0 Å². The van der Waals surface area contributed by atoms with Gasteiger partial charge in [0.1, 0.15) is 0 Å². The molecule has 2 aromatic carbocycles. The zero-order chi connectivity index (χ0) is 21.0. The van der Waals surface area contributed by atoms with Gasteiger partial charge in [-0.05, 0) is 30.3 Å². The lowest BCUT2D eigenvalue weighted by atomic mass is 10.1. The molecule has 0 saturated carbocycles. The highest BCUT2D eigenvalue weighted by molar-refractivity contribution is 6.04. The first-order valence-corrected chi connectivity index (χ1v) is 9.12. The Hall–Kier alpha value is -3.55. The average molecular weight is 397 g/mol. The third-order valence-electron chi connectivity index (χ3n) is 4.63. The number of hydrogen-bond donors (Lipinski definition) is 2. The summed E-state index contributed by atoms with van der Waals surface area (Å²) in [4.78, 5) is 38.0. The van der Waals surface area contributed by atoms with Crippen LogP contribution in [0.15, 0.2) is 42.5 Å². The van der Waals surface area contributed by atoms with Crippen molar-refractivity contribution in [3.8, 4) is 11.5 Å². The first kappa shape index (κ1) is 20.2. The Morgan fingerprint density at radius 2 is 1.72 bits per heavy atom. The van der Waals surface area contributed by atoms with Gasteiger partial charge in [-0.2, -0.15) is 0 Å². The number of carbonyl (C=O) groups excluding carboxylic acids is 3. The molecule has 152 valence electrons. The molecule has 1 atom stereocenters. The Labute approximate surface area is 168 Å². The Kier molecular flexibility index (Phi) is 6.01. The van der Waals surface area contributed by atoms with E-state index in [1.54, 1.807) is 47.4 Å². The van der Waals surface area contributed by atoms with Crippen molar-refractivity contribution < 1.29 is 23.9 Å². The molecular formula is C21H23N3O5. The third-order valence-corrected chi connectivity index (χ3v) is 4.63. The fourth-order valence-electron chi connectivity index (χ4n) is 3.25. The minimum absolute atomic E-state index is 0.115. The van der Waals surface area contributed by atoms with Gasteiger partial charge in [0.2, 0.25) is 17.7 Å². The predicted molar refractivity (Wildman–Crippen MR) is 109 cm³/mol. The van der Waals surface area contributed by atoms with Gasteiger partial charge in [-0.1, -0.05) is 6.07 Å². The van der Waals surface area contributed by atoms with Crippen molar-refractivity contribution in [2.45, 2.75) is 13.3 Å². The fourth-order valence-corrected chi connectivity index (χ4v) is 3.25. The van der Waals surface area contributed by atoms with Gasteiger partial charge < -0.3 is 25.0 Å². The first-order valence-electron chi connectivity index (χ1n) is 9.12. The van der Waals surface area contributed by atoms with Crippen LogP contribution in [0.5, 0.6) is 11.5 Å². The minimum Gasteiger partial charge on any atom is -0.493 e. The summed E-state index contributed by atoms with van der Waals surface area (Å²) < 4.78 is 10.4. The summed E-state index contributed by atoms with van der Waals surface area (Å²) in [7, 11) is 3.06. The zero-order valence-corrected chi connectivity index (χ0v) is 16.5. The van der Waals surface area contributed by atoms with Crippen molar-refractivity contribution in [3.63, 3.8) is 0 Å². The van der Waals surface area contributed by atoms with Gasteiger partial charge in [0.15, 0.2) is 11.5 Å². The van der Waals surface area contributed by atoms with E-state index in [2.05, 4.69) is 10.6 Å². The topological polar surface area (TPSA) is 97.0 Å². The molecule has 1 aliphatic heterocycles. The van der Waals surface area contributed by atoms with E-state index in [1.807, 2.05) is 0 Å². The minimum atomic E-state index is -0.486. The van der Waals surface area contributed by atoms with E-state index in [9.17, 15) is 14.4 Å². The number of rotatable bonds is 6. The number of benzene rings is 2. The Balaban J connectivity index is 1.70. The second-order valence-corrected chi connectivity index (χ2v) is 6.70. The second-order valence-electron chi connectivity index (χ2n) is 6.70. The van der Waals surface area contributed by atoms with E-state index in [4.69, 9.17) is 9.47 Å². The van der Waals surface area contributed by atoms with Crippen LogP contribution in [0, 0.1) is 5.92 Å². The van der Waals surface area contributed by atoms with Crippen LogP contribution in [0.1, 0.15) is 13.3 Å². The molecule has 2 aromatic rings. The molecule has 0 bridgehead atoms. The van der Waals surface area contributed by atoms with Gasteiger partial charge in [0, 0.05) is 43.0 Å². The number of nitrogens with zero attached hydrogens (tertiary/aromatic N) is 1. The summed E-state index contributed by atoms with van der Waals surface area (Å²) in [6, 6.07) is 12.1. The van der Waals surface area contributed by atoms with Crippen LogP contribution in [0.2, 0.25) is 0 Å². The molecule has 1 saturated heterocycles. The van der Waals surface area contributed by atoms with Crippen LogP contribution in [0.25, 0.3) is 0 Å². The number of ether oxygens (including phenoxy) is 2. The number of nitrogens with one attached hydrogen (secondary N) is 2. The maximum absolute atomic E-state index is 12.7. The van der Waals surface area contributed by atoms with E-state index >= 15 is 0 Å². The molecule has 0 spiro atoms. The van der Waals surface area contributed by atoms with Crippen molar-refractivity contribution in [2.24, 2.45) is 5.92 Å². The van der Waals surface area contributed by atoms with E-state index in [1.165, 1.54) is 21.1 Å². The number of anilines is 3. The zero-order valence-electron chi connectivity index (χ0n) is 16.5. The number of amides is 3. The molecule has 1 aliphatic rings. The molecule has 1 heterocycles. The molecule has 29 heavy (non-hydrogen) atoms. The van der Waals surface area contributed by atoms with Crippen molar-refractivity contribution in [1.82, 2.24) is 0 Å². The van der Waals surface area contributed by atoms with E-state index in [0.717, 1.165) is 0 Å². The van der Waals surface area contributed by atoms with Gasteiger partial charge in [-0.3, -0.25) is 14.4 Å². The smallest absolute Gasteiger partial charge is 0.229 e. The molecule has 0 aliphatic carbocycles. The van der Waals surface area contributed by atoms with Crippen LogP contribution in [0.4, 0.5) is 17.1 Å². The lowest BCUT2D eigenvalue weighted by molar-refractivity contribution is -0.122. The largest absolute Gasteiger partial charge is 0.493 e. The molecule has 3 rings (SSSR count). The Morgan fingerprint density at radius 1 is 1.00 bits per heavy atom. The maximum Gasteiger partial charge on any atom is 0.229 e. The second kappa shape index (κ2) is 8.64. The van der Waals surface area contributed by atoms with Crippen molar-refractivity contribution in [1.29, 1.82) is 0 Å². The van der Waals surface area contributed by atoms with Crippen molar-refractivity contribution >= 4 is 34.8 Å². The number of hydrogen-bond acceptors (Lipinski definition) is 5. The highest BCUT2D eigenvalue weighted by Crippen LogP contribution is 2.31. The monoisotopic (exact) mass is 397 g/mol. The van der Waals surface area contributed by atoms with E-state index in [-0.39, 0.29) is 30.7 Å². The van der Waals surface area contributed by atoms with Crippen LogP contribution in [-0.2, 0) is 14.4 Å². The van der Waals surface area contributed by atoms with E-state index in [0.29, 0.717) is 28.6 Å². The SMILES string of the molecule is COc1ccc(NC(=O)C2CC(=O)N(c3cccc(NC(C)=O)c3)C2)cc1OC. The van der Waals surface area contributed by atoms with Crippen LogP contribution >= 0.6 is 0 Å². The van der Waals surface area contributed by atoms with Crippen LogP contribution < -0.4 is 25.0 Å². The normalized spacial score (nSPS) is 15.8. The molecule has 0 radical (unpaired) electrons. The van der Waals surface area contributed by atoms with Gasteiger partial charge in [-0.25, -0.2) is 0 Å². The summed E-state index contributed by atoms with van der Waals surface area (Å²) in [5, 5.41) is 5.52. The number of carbonyl (C=O) groups is 3. The highest BCUT2D eigenvalue weighted by Gasteiger charge is 2.35. The Bertz CT molecular complexity index is 944. The molecule has 2 N–H and O–H groups in total. The quantitative estimate of drug-likeness (QED) is 0.781. The average Bonchev–Trinajstić information content (AvgIpc) is 3.09. The standard InChI is InChI=1S/C21H23N3O5/c1-13(25)22-15-5-4-6-17(10-15)24-12-14(9-20(24)26)21(27)23-16-7-8-18(28-2)19(11-16)29-3/h4-8,10-11,14H,9,12H2,1-3H3,(H,22,25)(H,23,27). The van der Waals surface area contributed by atoms with Gasteiger partial charge >= 0.3 is 0 Å².